The molecule has 156 valence electrons. The van der Waals surface area contributed by atoms with Crippen LogP contribution in [0, 0.1) is 5.82 Å². The Morgan fingerprint density at radius 3 is 2.41 bits per heavy atom. The molecule has 0 atom stereocenters. The summed E-state index contributed by atoms with van der Waals surface area (Å²) in [6, 6.07) is 8.49. The van der Waals surface area contributed by atoms with Crippen LogP contribution in [-0.4, -0.2) is 45.8 Å². The maximum absolute atomic E-state index is 13.3. The second-order valence-electron chi connectivity index (χ2n) is 7.12. The van der Waals surface area contributed by atoms with Gasteiger partial charge in [0, 0.05) is 31.7 Å². The van der Waals surface area contributed by atoms with Gasteiger partial charge in [0.2, 0.25) is 10.0 Å². The smallest absolute Gasteiger partial charge is 0.256 e. The van der Waals surface area contributed by atoms with Gasteiger partial charge in [-0.3, -0.25) is 4.79 Å². The summed E-state index contributed by atoms with van der Waals surface area (Å²) < 4.78 is 41.2. The van der Waals surface area contributed by atoms with Crippen molar-refractivity contribution in [2.75, 3.05) is 37.4 Å². The van der Waals surface area contributed by atoms with Gasteiger partial charge in [0.05, 0.1) is 21.8 Å². The van der Waals surface area contributed by atoms with Gasteiger partial charge in [0.1, 0.15) is 5.82 Å². The Balaban J connectivity index is 1.96. The first-order valence-corrected chi connectivity index (χ1v) is 11.5. The van der Waals surface area contributed by atoms with Crippen LogP contribution < -0.4 is 10.2 Å². The molecule has 0 saturated carbocycles. The predicted molar refractivity (Wildman–Crippen MR) is 115 cm³/mol. The summed E-state index contributed by atoms with van der Waals surface area (Å²) in [7, 11) is -0.0302. The van der Waals surface area contributed by atoms with E-state index >= 15 is 0 Å². The number of hydrogen-bond donors (Lipinski definition) is 1. The number of carbonyl (C=O) groups is 1. The Labute approximate surface area is 178 Å². The van der Waals surface area contributed by atoms with Crippen LogP contribution in [0.3, 0.4) is 0 Å². The molecule has 1 heterocycles. The van der Waals surface area contributed by atoms with Crippen molar-refractivity contribution < 1.29 is 17.6 Å². The van der Waals surface area contributed by atoms with E-state index in [9.17, 15) is 17.6 Å². The van der Waals surface area contributed by atoms with Gasteiger partial charge >= 0.3 is 0 Å². The fourth-order valence-electron chi connectivity index (χ4n) is 3.28. The summed E-state index contributed by atoms with van der Waals surface area (Å²) in [5.74, 6) is -0.926. The summed E-state index contributed by atoms with van der Waals surface area (Å²) in [6.45, 7) is 1.00. The van der Waals surface area contributed by atoms with Crippen LogP contribution in [0.1, 0.15) is 29.6 Å². The number of amides is 1. The summed E-state index contributed by atoms with van der Waals surface area (Å²) in [5.41, 5.74) is 1.28. The maximum Gasteiger partial charge on any atom is 0.256 e. The minimum atomic E-state index is -3.64. The quantitative estimate of drug-likeness (QED) is 0.695. The Kier molecular flexibility index (Phi) is 6.60. The van der Waals surface area contributed by atoms with E-state index in [1.807, 2.05) is 0 Å². The van der Waals surface area contributed by atoms with E-state index < -0.39 is 21.7 Å². The molecule has 1 saturated heterocycles. The number of anilines is 2. The van der Waals surface area contributed by atoms with Crippen molar-refractivity contribution in [2.45, 2.75) is 24.2 Å². The number of nitrogens with one attached hydrogen (secondary N) is 1. The molecule has 2 aromatic carbocycles. The van der Waals surface area contributed by atoms with Gasteiger partial charge in [-0.2, -0.15) is 4.31 Å². The number of nitrogens with zero attached hydrogens (tertiary/aromatic N) is 2. The fraction of sp³-hybridized carbons (Fsp3) is 0.350. The molecule has 1 N–H and O–H groups in total. The fourth-order valence-corrected chi connectivity index (χ4v) is 5.36. The summed E-state index contributed by atoms with van der Waals surface area (Å²) in [5, 5.41) is 2.77. The monoisotopic (exact) mass is 483 g/mol. The zero-order valence-electron chi connectivity index (χ0n) is 16.3. The van der Waals surface area contributed by atoms with E-state index in [1.165, 1.54) is 28.6 Å². The van der Waals surface area contributed by atoms with Crippen molar-refractivity contribution in [3.05, 3.63) is 52.3 Å². The average Bonchev–Trinajstić information content (AvgIpc) is 2.68. The molecule has 2 aromatic rings. The van der Waals surface area contributed by atoms with Gasteiger partial charge in [-0.05, 0) is 65.2 Å². The van der Waals surface area contributed by atoms with Crippen LogP contribution in [0.2, 0.25) is 0 Å². The molecule has 0 radical (unpaired) electrons. The Hall–Kier alpha value is -1.97. The molecule has 0 bridgehead atoms. The van der Waals surface area contributed by atoms with Gasteiger partial charge in [0.15, 0.2) is 0 Å². The molecule has 0 aliphatic carbocycles. The molecule has 1 aliphatic rings. The van der Waals surface area contributed by atoms with Crippen molar-refractivity contribution in [1.82, 2.24) is 4.31 Å². The summed E-state index contributed by atoms with van der Waals surface area (Å²) >= 11 is 3.19. The Morgan fingerprint density at radius 1 is 1.10 bits per heavy atom. The topological polar surface area (TPSA) is 69.7 Å². The van der Waals surface area contributed by atoms with E-state index in [4.69, 9.17) is 0 Å². The lowest BCUT2D eigenvalue weighted by molar-refractivity contribution is 0.102. The molecule has 9 heteroatoms. The number of piperidine rings is 1. The molecule has 1 amide bonds. The summed E-state index contributed by atoms with van der Waals surface area (Å²) in [4.78, 5) is 14.7. The number of halogens is 2. The third-order valence-electron chi connectivity index (χ3n) is 4.83. The molecule has 3 rings (SSSR count). The van der Waals surface area contributed by atoms with Gasteiger partial charge in [-0.1, -0.05) is 6.42 Å². The Morgan fingerprint density at radius 2 is 1.79 bits per heavy atom. The highest BCUT2D eigenvalue weighted by Gasteiger charge is 2.27. The van der Waals surface area contributed by atoms with E-state index in [0.717, 1.165) is 19.3 Å². The second-order valence-corrected chi connectivity index (χ2v) is 9.91. The van der Waals surface area contributed by atoms with Crippen LogP contribution in [0.25, 0.3) is 0 Å². The highest BCUT2D eigenvalue weighted by atomic mass is 79.9. The molecule has 0 aromatic heterocycles. The van der Waals surface area contributed by atoms with E-state index in [-0.39, 0.29) is 10.5 Å². The largest absolute Gasteiger partial charge is 0.376 e. The van der Waals surface area contributed by atoms with E-state index in [1.54, 1.807) is 31.1 Å². The van der Waals surface area contributed by atoms with Crippen LogP contribution in [-0.2, 0) is 10.0 Å². The third kappa shape index (κ3) is 4.79. The first-order valence-electron chi connectivity index (χ1n) is 9.28. The maximum atomic E-state index is 13.3. The van der Waals surface area contributed by atoms with Gasteiger partial charge in [-0.25, -0.2) is 12.8 Å². The summed E-state index contributed by atoms with van der Waals surface area (Å²) in [6.07, 6.45) is 2.72. The first-order chi connectivity index (χ1) is 13.7. The molecular formula is C20H23BrFN3O3S. The molecule has 29 heavy (non-hydrogen) atoms. The minimum absolute atomic E-state index is 0.137. The number of hydrogen-bond acceptors (Lipinski definition) is 4. The van der Waals surface area contributed by atoms with E-state index in [0.29, 0.717) is 28.9 Å². The van der Waals surface area contributed by atoms with Crippen molar-refractivity contribution >= 4 is 43.2 Å². The van der Waals surface area contributed by atoms with Gasteiger partial charge < -0.3 is 10.2 Å². The number of sulfonamides is 1. The number of benzene rings is 2. The highest BCUT2D eigenvalue weighted by molar-refractivity contribution is 9.10. The SMILES string of the molecule is CN(C)c1ccc(S(=O)(=O)N2CCCCC2)cc1NC(=O)c1ccc(F)cc1Br. The normalized spacial score (nSPS) is 15.2. The van der Waals surface area contributed by atoms with Crippen LogP contribution >= 0.6 is 15.9 Å². The predicted octanol–water partition coefficient (Wildman–Crippen LogP) is 4.08. The van der Waals surface area contributed by atoms with Crippen LogP contribution in [0.4, 0.5) is 15.8 Å². The molecule has 0 spiro atoms. The molecule has 1 fully saturated rings. The lowest BCUT2D eigenvalue weighted by Gasteiger charge is -2.26. The van der Waals surface area contributed by atoms with Crippen molar-refractivity contribution in [1.29, 1.82) is 0 Å². The zero-order valence-corrected chi connectivity index (χ0v) is 18.7. The molecular weight excluding hydrogens is 461 g/mol. The second kappa shape index (κ2) is 8.81. The van der Waals surface area contributed by atoms with Crippen LogP contribution in [0.5, 0.6) is 0 Å². The van der Waals surface area contributed by atoms with Crippen molar-refractivity contribution in [2.24, 2.45) is 0 Å². The average molecular weight is 484 g/mol. The van der Waals surface area contributed by atoms with Gasteiger partial charge in [0.25, 0.3) is 5.91 Å². The third-order valence-corrected chi connectivity index (χ3v) is 7.38. The molecule has 6 nitrogen and oxygen atoms in total. The first kappa shape index (κ1) is 21.7. The van der Waals surface area contributed by atoms with Crippen molar-refractivity contribution in [3.63, 3.8) is 0 Å². The number of rotatable bonds is 5. The lowest BCUT2D eigenvalue weighted by Crippen LogP contribution is -2.35. The zero-order chi connectivity index (χ0) is 21.2. The van der Waals surface area contributed by atoms with Gasteiger partial charge in [-0.15, -0.1) is 0 Å². The highest BCUT2D eigenvalue weighted by Crippen LogP contribution is 2.31. The minimum Gasteiger partial charge on any atom is -0.376 e. The standard InChI is InChI=1S/C20H23BrFN3O3S/c1-24(2)19-9-7-15(29(27,28)25-10-4-3-5-11-25)13-18(19)23-20(26)16-8-6-14(22)12-17(16)21/h6-9,12-13H,3-5,10-11H2,1-2H3,(H,23,26). The lowest BCUT2D eigenvalue weighted by atomic mass is 10.2. The number of carbonyl (C=O) groups excluding carboxylic acids is 1. The molecule has 1 aliphatic heterocycles. The van der Waals surface area contributed by atoms with Crippen molar-refractivity contribution in [3.8, 4) is 0 Å². The van der Waals surface area contributed by atoms with E-state index in [2.05, 4.69) is 21.2 Å². The van der Waals surface area contributed by atoms with Crippen LogP contribution in [0.15, 0.2) is 45.8 Å². The molecule has 0 unspecified atom stereocenters. The Bertz CT molecular complexity index is 1020.